The zero-order chi connectivity index (χ0) is 15.1. The van der Waals surface area contributed by atoms with E-state index in [-0.39, 0.29) is 11.4 Å². The van der Waals surface area contributed by atoms with Gasteiger partial charge in [-0.05, 0) is 43.7 Å². The van der Waals surface area contributed by atoms with Gasteiger partial charge in [0.05, 0.1) is 10.6 Å². The first-order valence-electron chi connectivity index (χ1n) is 6.40. The maximum absolute atomic E-state index is 10.9. The molecule has 0 atom stereocenters. The summed E-state index contributed by atoms with van der Waals surface area (Å²) in [7, 11) is 0. The number of aromatic nitrogens is 2. The molecule has 1 aromatic carbocycles. The first kappa shape index (κ1) is 13.1. The molecule has 0 aliphatic carbocycles. The summed E-state index contributed by atoms with van der Waals surface area (Å²) in [6.07, 6.45) is 1.92. The average molecular weight is 283 g/mol. The van der Waals surface area contributed by atoms with Crippen molar-refractivity contribution in [2.45, 2.75) is 13.8 Å². The average Bonchev–Trinajstić information content (AvgIpc) is 2.75. The maximum atomic E-state index is 10.9. The van der Waals surface area contributed by atoms with Crippen LogP contribution in [0.5, 0.6) is 5.75 Å². The van der Waals surface area contributed by atoms with Gasteiger partial charge in [-0.2, -0.15) is 0 Å². The largest absolute Gasteiger partial charge is 0.502 e. The van der Waals surface area contributed by atoms with Crippen LogP contribution in [0.15, 0.2) is 36.5 Å². The van der Waals surface area contributed by atoms with Crippen molar-refractivity contribution in [2.24, 2.45) is 0 Å². The molecule has 0 aliphatic rings. The Morgan fingerprint density at radius 1 is 1.24 bits per heavy atom. The van der Waals surface area contributed by atoms with E-state index in [9.17, 15) is 15.2 Å². The fraction of sp³-hybridized carbons (Fsp3) is 0.133. The molecule has 2 heterocycles. The van der Waals surface area contributed by atoms with Gasteiger partial charge in [0.1, 0.15) is 5.65 Å². The summed E-state index contributed by atoms with van der Waals surface area (Å²) in [6.45, 7) is 3.89. The lowest BCUT2D eigenvalue weighted by molar-refractivity contribution is -0.385. The molecule has 0 aliphatic heterocycles. The summed E-state index contributed by atoms with van der Waals surface area (Å²) in [5, 5.41) is 20.5. The minimum atomic E-state index is -0.603. The molecule has 1 N–H and O–H groups in total. The van der Waals surface area contributed by atoms with Crippen LogP contribution in [0.2, 0.25) is 0 Å². The molecule has 0 amide bonds. The van der Waals surface area contributed by atoms with Gasteiger partial charge >= 0.3 is 5.69 Å². The van der Waals surface area contributed by atoms with Crippen LogP contribution >= 0.6 is 0 Å². The molecule has 106 valence electrons. The monoisotopic (exact) mass is 283 g/mol. The number of rotatable bonds is 2. The fourth-order valence-electron chi connectivity index (χ4n) is 2.36. The highest BCUT2D eigenvalue weighted by molar-refractivity contribution is 5.70. The van der Waals surface area contributed by atoms with Crippen LogP contribution in [0, 0.1) is 24.0 Å². The number of phenolic OH excluding ortho intramolecular Hbond substituents is 1. The zero-order valence-electron chi connectivity index (χ0n) is 11.6. The van der Waals surface area contributed by atoms with E-state index in [1.54, 1.807) is 6.07 Å². The smallest absolute Gasteiger partial charge is 0.311 e. The van der Waals surface area contributed by atoms with Gasteiger partial charge in [-0.25, -0.2) is 4.98 Å². The quantitative estimate of drug-likeness (QED) is 0.578. The van der Waals surface area contributed by atoms with Crippen LogP contribution in [0.3, 0.4) is 0 Å². The van der Waals surface area contributed by atoms with E-state index < -0.39 is 4.92 Å². The number of hydrogen-bond acceptors (Lipinski definition) is 4. The molecule has 6 nitrogen and oxygen atoms in total. The summed E-state index contributed by atoms with van der Waals surface area (Å²) >= 11 is 0. The lowest BCUT2D eigenvalue weighted by atomic mass is 10.1. The Kier molecular flexibility index (Phi) is 2.86. The van der Waals surface area contributed by atoms with Crippen molar-refractivity contribution >= 4 is 11.3 Å². The third-order valence-corrected chi connectivity index (χ3v) is 3.47. The number of phenols is 1. The molecule has 0 saturated carbocycles. The molecule has 0 radical (unpaired) electrons. The second kappa shape index (κ2) is 4.59. The lowest BCUT2D eigenvalue weighted by Crippen LogP contribution is -1.91. The highest BCUT2D eigenvalue weighted by Gasteiger charge is 2.17. The molecule has 3 aromatic rings. The molecule has 0 saturated heterocycles. The Labute approximate surface area is 120 Å². The minimum Gasteiger partial charge on any atom is -0.502 e. The second-order valence-corrected chi connectivity index (χ2v) is 4.94. The number of nitrogens with zero attached hydrogens (tertiary/aromatic N) is 3. The Morgan fingerprint density at radius 2 is 2.00 bits per heavy atom. The van der Waals surface area contributed by atoms with Crippen LogP contribution in [0.1, 0.15) is 11.3 Å². The maximum Gasteiger partial charge on any atom is 0.311 e. The van der Waals surface area contributed by atoms with Gasteiger partial charge < -0.3 is 9.51 Å². The predicted octanol–water partition coefficient (Wildman–Crippen LogP) is 3.23. The molecule has 6 heteroatoms. The third-order valence-electron chi connectivity index (χ3n) is 3.47. The van der Waals surface area contributed by atoms with Gasteiger partial charge in [-0.1, -0.05) is 0 Å². The first-order valence-corrected chi connectivity index (χ1v) is 6.40. The van der Waals surface area contributed by atoms with Gasteiger partial charge in [0.2, 0.25) is 0 Å². The van der Waals surface area contributed by atoms with Crippen molar-refractivity contribution in [1.29, 1.82) is 0 Å². The van der Waals surface area contributed by atoms with Crippen LogP contribution in [-0.4, -0.2) is 19.4 Å². The zero-order valence-corrected chi connectivity index (χ0v) is 11.6. The van der Waals surface area contributed by atoms with Crippen molar-refractivity contribution in [3.63, 3.8) is 0 Å². The standard InChI is InChI=1S/C15H13N3O3/c1-9-5-6-17-10(2)15(16-14(17)7-9)11-3-4-13(19)12(8-11)18(20)21/h3-8,19H,1-2H3. The molecular weight excluding hydrogens is 270 g/mol. The summed E-state index contributed by atoms with van der Waals surface area (Å²) in [5.41, 5.74) is 3.74. The SMILES string of the molecule is Cc1ccn2c(C)c(-c3ccc(O)c([N+](=O)[O-])c3)nc2c1. The van der Waals surface area contributed by atoms with Crippen molar-refractivity contribution in [1.82, 2.24) is 9.38 Å². The number of fused-ring (bicyclic) bond motifs is 1. The van der Waals surface area contributed by atoms with Crippen molar-refractivity contribution < 1.29 is 10.0 Å². The molecule has 3 rings (SSSR count). The predicted molar refractivity (Wildman–Crippen MR) is 78.4 cm³/mol. The van der Waals surface area contributed by atoms with E-state index in [4.69, 9.17) is 0 Å². The van der Waals surface area contributed by atoms with Crippen molar-refractivity contribution in [3.8, 4) is 17.0 Å². The first-order chi connectivity index (χ1) is 9.97. The summed E-state index contributed by atoms with van der Waals surface area (Å²) in [5.74, 6) is -0.346. The van der Waals surface area contributed by atoms with Crippen molar-refractivity contribution in [3.05, 3.63) is 57.9 Å². The van der Waals surface area contributed by atoms with Gasteiger partial charge in [-0.15, -0.1) is 0 Å². The van der Waals surface area contributed by atoms with E-state index in [0.29, 0.717) is 11.3 Å². The number of imidazole rings is 1. The highest BCUT2D eigenvalue weighted by atomic mass is 16.6. The van der Waals surface area contributed by atoms with E-state index in [0.717, 1.165) is 16.9 Å². The number of benzene rings is 1. The van der Waals surface area contributed by atoms with Crippen LogP contribution in [-0.2, 0) is 0 Å². The third kappa shape index (κ3) is 2.10. The Morgan fingerprint density at radius 3 is 2.71 bits per heavy atom. The highest BCUT2D eigenvalue weighted by Crippen LogP contribution is 2.32. The molecule has 0 bridgehead atoms. The number of aryl methyl sites for hydroxylation is 2. The number of nitro groups is 1. The number of aromatic hydroxyl groups is 1. The van der Waals surface area contributed by atoms with Crippen LogP contribution in [0.4, 0.5) is 5.69 Å². The van der Waals surface area contributed by atoms with Crippen molar-refractivity contribution in [2.75, 3.05) is 0 Å². The lowest BCUT2D eigenvalue weighted by Gasteiger charge is -2.01. The van der Waals surface area contributed by atoms with E-state index in [2.05, 4.69) is 4.98 Å². The van der Waals surface area contributed by atoms with Gasteiger partial charge in [0, 0.05) is 23.5 Å². The summed E-state index contributed by atoms with van der Waals surface area (Å²) in [6, 6.07) is 8.22. The Balaban J connectivity index is 2.23. The number of nitro benzene ring substituents is 1. The van der Waals surface area contributed by atoms with Gasteiger partial charge in [0.25, 0.3) is 0 Å². The topological polar surface area (TPSA) is 80.7 Å². The van der Waals surface area contributed by atoms with E-state index in [1.807, 2.05) is 36.6 Å². The second-order valence-electron chi connectivity index (χ2n) is 4.94. The minimum absolute atomic E-state index is 0.319. The van der Waals surface area contributed by atoms with Gasteiger partial charge in [-0.3, -0.25) is 10.1 Å². The Bertz CT molecular complexity index is 868. The molecule has 0 spiro atoms. The summed E-state index contributed by atoms with van der Waals surface area (Å²) < 4.78 is 1.93. The molecular formula is C15H13N3O3. The van der Waals surface area contributed by atoms with Crippen LogP contribution in [0.25, 0.3) is 16.9 Å². The number of pyridine rings is 1. The number of hydrogen-bond donors (Lipinski definition) is 1. The fourth-order valence-corrected chi connectivity index (χ4v) is 2.36. The molecule has 0 unspecified atom stereocenters. The van der Waals surface area contributed by atoms with Gasteiger partial charge in [0.15, 0.2) is 5.75 Å². The van der Waals surface area contributed by atoms with Crippen LogP contribution < -0.4 is 0 Å². The Hall–Kier alpha value is -2.89. The van der Waals surface area contributed by atoms with E-state index >= 15 is 0 Å². The molecule has 0 fully saturated rings. The normalized spacial score (nSPS) is 11.0. The van der Waals surface area contributed by atoms with E-state index in [1.165, 1.54) is 12.1 Å². The molecule has 21 heavy (non-hydrogen) atoms. The molecule has 2 aromatic heterocycles. The summed E-state index contributed by atoms with van der Waals surface area (Å²) in [4.78, 5) is 14.9.